The number of carbonyl (C=O) groups excluding carboxylic acids is 1. The normalized spacial score (nSPS) is 11.1. The average Bonchev–Trinajstić information content (AvgIpc) is 3.19. The van der Waals surface area contributed by atoms with Crippen molar-refractivity contribution >= 4 is 17.5 Å². The van der Waals surface area contributed by atoms with Gasteiger partial charge in [0.25, 0.3) is 0 Å². The lowest BCUT2D eigenvalue weighted by molar-refractivity contribution is 0.102. The van der Waals surface area contributed by atoms with E-state index in [0.29, 0.717) is 5.75 Å². The molecule has 0 amide bonds. The van der Waals surface area contributed by atoms with Crippen LogP contribution in [0.1, 0.15) is 47.0 Å². The number of aromatic nitrogens is 4. The average molecular weight is 383 g/mol. The van der Waals surface area contributed by atoms with E-state index in [4.69, 9.17) is 0 Å². The lowest BCUT2D eigenvalue weighted by atomic mass is 10.1. The van der Waals surface area contributed by atoms with Gasteiger partial charge in [-0.15, -0.1) is 10.2 Å². The van der Waals surface area contributed by atoms with Gasteiger partial charge in [-0.05, 0) is 39.3 Å². The van der Waals surface area contributed by atoms with Gasteiger partial charge in [-0.3, -0.25) is 4.79 Å². The van der Waals surface area contributed by atoms with Crippen molar-refractivity contribution in [2.75, 3.05) is 5.75 Å². The number of nitrogens with zero attached hydrogens (tertiary/aromatic N) is 4. The van der Waals surface area contributed by atoms with Crippen LogP contribution in [0.25, 0.3) is 0 Å². The van der Waals surface area contributed by atoms with E-state index >= 15 is 0 Å². The largest absolute Gasteiger partial charge is 0.349 e. The molecule has 2 heterocycles. The van der Waals surface area contributed by atoms with Gasteiger partial charge in [0.2, 0.25) is 0 Å². The molecule has 0 N–H and O–H groups in total. The van der Waals surface area contributed by atoms with Crippen molar-refractivity contribution in [1.29, 1.82) is 0 Å². The molecular formula is C21H26N4OS. The Morgan fingerprint density at radius 3 is 2.37 bits per heavy atom. The Balaban J connectivity index is 1.72. The van der Waals surface area contributed by atoms with E-state index in [1.54, 1.807) is 0 Å². The summed E-state index contributed by atoms with van der Waals surface area (Å²) in [5, 5.41) is 9.49. The molecular weight excluding hydrogens is 356 g/mol. The lowest BCUT2D eigenvalue weighted by Crippen LogP contribution is -2.08. The number of benzene rings is 1. The van der Waals surface area contributed by atoms with Crippen molar-refractivity contribution in [1.82, 2.24) is 19.3 Å². The molecule has 27 heavy (non-hydrogen) atoms. The monoisotopic (exact) mass is 382 g/mol. The van der Waals surface area contributed by atoms with Crippen LogP contribution in [0.2, 0.25) is 0 Å². The Kier molecular flexibility index (Phi) is 6.16. The van der Waals surface area contributed by atoms with Gasteiger partial charge in [0.15, 0.2) is 10.9 Å². The van der Waals surface area contributed by atoms with E-state index in [2.05, 4.69) is 45.3 Å². The van der Waals surface area contributed by atoms with Crippen LogP contribution in [0.15, 0.2) is 41.6 Å². The number of rotatable bonds is 8. The molecule has 0 radical (unpaired) electrons. The molecule has 2 aromatic heterocycles. The standard InChI is InChI=1S/C21H26N4OS/c1-5-24-15(3)12-18(16(24)4)19(26)14-27-21-23-22-20(25(21)6-2)13-17-10-8-7-9-11-17/h7-12H,5-6,13-14H2,1-4H3. The van der Waals surface area contributed by atoms with Gasteiger partial charge in [-0.2, -0.15) is 0 Å². The fourth-order valence-electron chi connectivity index (χ4n) is 3.43. The molecule has 3 rings (SSSR count). The van der Waals surface area contributed by atoms with E-state index in [-0.39, 0.29) is 5.78 Å². The van der Waals surface area contributed by atoms with Crippen LogP contribution in [-0.2, 0) is 19.5 Å². The summed E-state index contributed by atoms with van der Waals surface area (Å²) in [6, 6.07) is 12.2. The predicted molar refractivity (Wildman–Crippen MR) is 110 cm³/mol. The molecule has 0 saturated heterocycles. The maximum absolute atomic E-state index is 12.7. The topological polar surface area (TPSA) is 52.7 Å². The summed E-state index contributed by atoms with van der Waals surface area (Å²) in [6.07, 6.45) is 0.744. The molecule has 0 unspecified atom stereocenters. The molecule has 0 spiro atoms. The molecule has 0 aliphatic carbocycles. The number of thioether (sulfide) groups is 1. The van der Waals surface area contributed by atoms with Crippen LogP contribution < -0.4 is 0 Å². The molecule has 142 valence electrons. The Morgan fingerprint density at radius 2 is 1.74 bits per heavy atom. The van der Waals surface area contributed by atoms with Crippen LogP contribution in [0.5, 0.6) is 0 Å². The number of ketones is 1. The zero-order valence-electron chi connectivity index (χ0n) is 16.4. The number of hydrogen-bond donors (Lipinski definition) is 0. The van der Waals surface area contributed by atoms with Crippen LogP contribution in [-0.4, -0.2) is 30.9 Å². The fourth-order valence-corrected chi connectivity index (χ4v) is 4.34. The van der Waals surface area contributed by atoms with E-state index in [9.17, 15) is 4.79 Å². The summed E-state index contributed by atoms with van der Waals surface area (Å²) in [5.41, 5.74) is 4.20. The van der Waals surface area contributed by atoms with Crippen molar-refractivity contribution < 1.29 is 4.79 Å². The number of aryl methyl sites for hydroxylation is 1. The third-order valence-electron chi connectivity index (χ3n) is 4.84. The minimum Gasteiger partial charge on any atom is -0.349 e. The van der Waals surface area contributed by atoms with Crippen molar-refractivity contribution in [3.05, 3.63) is 64.7 Å². The molecule has 5 nitrogen and oxygen atoms in total. The Morgan fingerprint density at radius 1 is 1.04 bits per heavy atom. The maximum atomic E-state index is 12.7. The van der Waals surface area contributed by atoms with Gasteiger partial charge in [-0.1, -0.05) is 42.1 Å². The Labute approximate surface area is 164 Å². The summed E-state index contributed by atoms with van der Waals surface area (Å²) < 4.78 is 4.27. The molecule has 0 aliphatic heterocycles. The summed E-state index contributed by atoms with van der Waals surface area (Å²) in [6.45, 7) is 9.91. The SMILES string of the molecule is CCn1c(Cc2ccccc2)nnc1SCC(=O)c1cc(C)n(CC)c1C. The van der Waals surface area contributed by atoms with Gasteiger partial charge in [0, 0.05) is 36.5 Å². The van der Waals surface area contributed by atoms with Gasteiger partial charge < -0.3 is 9.13 Å². The van der Waals surface area contributed by atoms with Crippen molar-refractivity contribution in [2.45, 2.75) is 52.4 Å². The van der Waals surface area contributed by atoms with Gasteiger partial charge in [0.1, 0.15) is 5.82 Å². The fraction of sp³-hybridized carbons (Fsp3) is 0.381. The first kappa shape index (κ1) is 19.4. The molecule has 0 aliphatic rings. The second kappa shape index (κ2) is 8.57. The van der Waals surface area contributed by atoms with E-state index in [1.807, 2.05) is 38.1 Å². The van der Waals surface area contributed by atoms with Crippen LogP contribution in [0, 0.1) is 13.8 Å². The minimum atomic E-state index is 0.142. The highest BCUT2D eigenvalue weighted by Gasteiger charge is 2.18. The van der Waals surface area contributed by atoms with Crippen LogP contribution in [0.4, 0.5) is 0 Å². The third kappa shape index (κ3) is 4.16. The van der Waals surface area contributed by atoms with Crippen molar-refractivity contribution in [3.8, 4) is 0 Å². The molecule has 0 saturated carbocycles. The smallest absolute Gasteiger partial charge is 0.191 e. The lowest BCUT2D eigenvalue weighted by Gasteiger charge is -2.08. The van der Waals surface area contributed by atoms with E-state index < -0.39 is 0 Å². The second-order valence-corrected chi connectivity index (χ2v) is 7.49. The minimum absolute atomic E-state index is 0.142. The maximum Gasteiger partial charge on any atom is 0.191 e. The predicted octanol–water partition coefficient (Wildman–Crippen LogP) is 4.30. The molecule has 6 heteroatoms. The summed E-state index contributed by atoms with van der Waals surface area (Å²) >= 11 is 1.47. The van der Waals surface area contributed by atoms with E-state index in [1.165, 1.54) is 17.3 Å². The Hall–Kier alpha value is -2.34. The number of Topliss-reactive ketones (excluding diaryl/α,β-unsaturated/α-hetero) is 1. The van der Waals surface area contributed by atoms with Crippen molar-refractivity contribution in [3.63, 3.8) is 0 Å². The first-order chi connectivity index (χ1) is 13.0. The quantitative estimate of drug-likeness (QED) is 0.430. The molecule has 0 bridgehead atoms. The van der Waals surface area contributed by atoms with Gasteiger partial charge in [-0.25, -0.2) is 0 Å². The summed E-state index contributed by atoms with van der Waals surface area (Å²) in [4.78, 5) is 12.7. The second-order valence-electron chi connectivity index (χ2n) is 6.55. The molecule has 0 atom stereocenters. The third-order valence-corrected chi connectivity index (χ3v) is 5.80. The highest BCUT2D eigenvalue weighted by Crippen LogP contribution is 2.22. The van der Waals surface area contributed by atoms with E-state index in [0.717, 1.165) is 47.4 Å². The summed E-state index contributed by atoms with van der Waals surface area (Å²) in [7, 11) is 0. The Bertz CT molecular complexity index is 927. The number of hydrogen-bond acceptors (Lipinski definition) is 4. The van der Waals surface area contributed by atoms with Crippen LogP contribution in [0.3, 0.4) is 0 Å². The highest BCUT2D eigenvalue weighted by atomic mass is 32.2. The summed E-state index contributed by atoms with van der Waals surface area (Å²) in [5.74, 6) is 1.45. The zero-order chi connectivity index (χ0) is 19.4. The first-order valence-electron chi connectivity index (χ1n) is 9.33. The molecule has 3 aromatic rings. The van der Waals surface area contributed by atoms with Gasteiger partial charge >= 0.3 is 0 Å². The van der Waals surface area contributed by atoms with Crippen LogP contribution >= 0.6 is 11.8 Å². The molecule has 0 fully saturated rings. The first-order valence-corrected chi connectivity index (χ1v) is 10.3. The number of carbonyl (C=O) groups is 1. The molecule has 1 aromatic carbocycles. The van der Waals surface area contributed by atoms with Crippen molar-refractivity contribution in [2.24, 2.45) is 0 Å². The highest BCUT2D eigenvalue weighted by molar-refractivity contribution is 7.99. The zero-order valence-corrected chi connectivity index (χ0v) is 17.2. The van der Waals surface area contributed by atoms with Gasteiger partial charge in [0.05, 0.1) is 5.75 Å².